The molecule has 3 atom stereocenters. The van der Waals surface area contributed by atoms with Crippen LogP contribution in [0.4, 0.5) is 0 Å². The van der Waals surface area contributed by atoms with Gasteiger partial charge in [0, 0.05) is 12.8 Å². The summed E-state index contributed by atoms with van der Waals surface area (Å²) in [6, 6.07) is 0. The number of ether oxygens (including phenoxy) is 2. The molecule has 0 spiro atoms. The van der Waals surface area contributed by atoms with Gasteiger partial charge in [-0.2, -0.15) is 0 Å². The molecule has 6 heteroatoms. The molecule has 1 unspecified atom stereocenters. The number of carbonyl (C=O) groups excluding carboxylic acids is 1. The number of hydrogen-bond acceptors (Lipinski definition) is 5. The van der Waals surface area contributed by atoms with Gasteiger partial charge in [-0.15, -0.1) is 0 Å². The molecule has 2 N–H and O–H groups in total. The average molecular weight is 246 g/mol. The number of hydrogen-bond donors (Lipinski definition) is 2. The predicted octanol–water partition coefficient (Wildman–Crippen LogP) is 0.526. The number of rotatable bonds is 2. The van der Waals surface area contributed by atoms with Crippen LogP contribution < -0.4 is 0 Å². The zero-order chi connectivity index (χ0) is 13.2. The highest BCUT2D eigenvalue weighted by Crippen LogP contribution is 2.24. The quantitative estimate of drug-likeness (QED) is 0.690. The number of aliphatic carboxylic acids is 1. The van der Waals surface area contributed by atoms with Crippen molar-refractivity contribution in [2.75, 3.05) is 0 Å². The Morgan fingerprint density at radius 3 is 2.35 bits per heavy atom. The van der Waals surface area contributed by atoms with Crippen molar-refractivity contribution in [3.63, 3.8) is 0 Å². The summed E-state index contributed by atoms with van der Waals surface area (Å²) in [5.41, 5.74) is -0.690. The molecule has 0 aromatic rings. The highest BCUT2D eigenvalue weighted by Gasteiger charge is 2.36. The van der Waals surface area contributed by atoms with Gasteiger partial charge in [-0.1, -0.05) is 0 Å². The third kappa shape index (κ3) is 3.98. The fourth-order valence-electron chi connectivity index (χ4n) is 1.39. The van der Waals surface area contributed by atoms with Gasteiger partial charge in [0.25, 0.3) is 0 Å². The van der Waals surface area contributed by atoms with Crippen molar-refractivity contribution in [3.8, 4) is 0 Å². The van der Waals surface area contributed by atoms with Gasteiger partial charge < -0.3 is 19.7 Å². The number of aliphatic hydroxyl groups excluding tert-OH is 1. The molecular weight excluding hydrogens is 228 g/mol. The van der Waals surface area contributed by atoms with E-state index < -0.39 is 35.9 Å². The highest BCUT2D eigenvalue weighted by atomic mass is 16.7. The second-order valence-electron chi connectivity index (χ2n) is 5.17. The molecule has 0 saturated carbocycles. The minimum absolute atomic E-state index is 0.0128. The van der Waals surface area contributed by atoms with Gasteiger partial charge in [-0.05, 0) is 20.8 Å². The molecular formula is C11H18O6. The Balaban J connectivity index is 2.60. The van der Waals surface area contributed by atoms with Crippen LogP contribution >= 0.6 is 0 Å². The van der Waals surface area contributed by atoms with Gasteiger partial charge in [-0.3, -0.25) is 4.79 Å². The maximum absolute atomic E-state index is 11.6. The third-order valence-electron chi connectivity index (χ3n) is 2.39. The summed E-state index contributed by atoms with van der Waals surface area (Å²) in [6.07, 6.45) is -2.84. The number of carboxylic acids is 1. The Kier molecular flexibility index (Phi) is 4.11. The van der Waals surface area contributed by atoms with E-state index in [-0.39, 0.29) is 12.8 Å². The zero-order valence-electron chi connectivity index (χ0n) is 10.2. The summed E-state index contributed by atoms with van der Waals surface area (Å²) in [5.74, 6) is -1.65. The number of carboxylic acid groups (broad SMARTS) is 1. The molecule has 1 aliphatic rings. The minimum Gasteiger partial charge on any atom is -0.479 e. The van der Waals surface area contributed by atoms with Crippen LogP contribution in [-0.2, 0) is 19.1 Å². The van der Waals surface area contributed by atoms with E-state index in [1.54, 1.807) is 20.8 Å². The van der Waals surface area contributed by atoms with E-state index in [1.807, 2.05) is 0 Å². The Labute approximate surface area is 99.5 Å². The summed E-state index contributed by atoms with van der Waals surface area (Å²) < 4.78 is 10.1. The van der Waals surface area contributed by atoms with Crippen molar-refractivity contribution in [2.24, 2.45) is 5.41 Å². The summed E-state index contributed by atoms with van der Waals surface area (Å²) in [5, 5.41) is 18.3. The summed E-state index contributed by atoms with van der Waals surface area (Å²) >= 11 is 0. The molecule has 1 saturated heterocycles. The summed E-state index contributed by atoms with van der Waals surface area (Å²) in [6.45, 7) is 5.05. The van der Waals surface area contributed by atoms with E-state index in [2.05, 4.69) is 0 Å². The fourth-order valence-corrected chi connectivity index (χ4v) is 1.39. The first-order valence-corrected chi connectivity index (χ1v) is 5.47. The molecule has 0 aromatic heterocycles. The van der Waals surface area contributed by atoms with E-state index in [0.29, 0.717) is 0 Å². The SMILES string of the molecule is CC(C)(C)C(=O)OC1C[C@@H](O)C[C@@H](C(=O)O)O1. The van der Waals surface area contributed by atoms with E-state index in [9.17, 15) is 14.7 Å². The van der Waals surface area contributed by atoms with Crippen LogP contribution in [-0.4, -0.2) is 40.6 Å². The number of aliphatic hydroxyl groups is 1. The van der Waals surface area contributed by atoms with E-state index in [4.69, 9.17) is 14.6 Å². The van der Waals surface area contributed by atoms with Gasteiger partial charge in [0.15, 0.2) is 6.10 Å². The van der Waals surface area contributed by atoms with Crippen LogP contribution in [0.25, 0.3) is 0 Å². The van der Waals surface area contributed by atoms with Crippen molar-refractivity contribution >= 4 is 11.9 Å². The van der Waals surface area contributed by atoms with Crippen molar-refractivity contribution in [3.05, 3.63) is 0 Å². The minimum atomic E-state index is -1.17. The van der Waals surface area contributed by atoms with Gasteiger partial charge >= 0.3 is 11.9 Å². The first-order chi connectivity index (χ1) is 7.70. The topological polar surface area (TPSA) is 93.1 Å². The standard InChI is InChI=1S/C11H18O6/c1-11(2,3)10(15)17-8-5-6(12)4-7(16-8)9(13)14/h6-8,12H,4-5H2,1-3H3,(H,13,14)/t6-,7-,8?/m0/s1. The predicted molar refractivity (Wildman–Crippen MR) is 57.1 cm³/mol. The first-order valence-electron chi connectivity index (χ1n) is 5.47. The zero-order valence-corrected chi connectivity index (χ0v) is 10.2. The third-order valence-corrected chi connectivity index (χ3v) is 2.39. The first kappa shape index (κ1) is 13.9. The second kappa shape index (κ2) is 5.01. The van der Waals surface area contributed by atoms with Crippen molar-refractivity contribution in [1.82, 2.24) is 0 Å². The monoisotopic (exact) mass is 246 g/mol. The lowest BCUT2D eigenvalue weighted by Crippen LogP contribution is -2.43. The van der Waals surface area contributed by atoms with Crippen molar-refractivity contribution < 1.29 is 29.3 Å². The maximum Gasteiger partial charge on any atom is 0.333 e. The molecule has 0 amide bonds. The average Bonchev–Trinajstić information content (AvgIpc) is 2.14. The number of esters is 1. The number of carbonyl (C=O) groups is 2. The molecule has 1 heterocycles. The molecule has 6 nitrogen and oxygen atoms in total. The van der Waals surface area contributed by atoms with Crippen LogP contribution in [0.1, 0.15) is 33.6 Å². The highest BCUT2D eigenvalue weighted by molar-refractivity contribution is 5.75. The van der Waals surface area contributed by atoms with Gasteiger partial charge in [0.1, 0.15) is 0 Å². The van der Waals surface area contributed by atoms with E-state index in [1.165, 1.54) is 0 Å². The Hall–Kier alpha value is -1.14. The lowest BCUT2D eigenvalue weighted by atomic mass is 9.97. The Morgan fingerprint density at radius 1 is 1.29 bits per heavy atom. The van der Waals surface area contributed by atoms with Gasteiger partial charge in [0.2, 0.25) is 6.29 Å². The second-order valence-corrected chi connectivity index (χ2v) is 5.17. The lowest BCUT2D eigenvalue weighted by Gasteiger charge is -2.31. The molecule has 1 rings (SSSR count). The molecule has 0 aromatic carbocycles. The maximum atomic E-state index is 11.6. The molecule has 1 aliphatic heterocycles. The van der Waals surface area contributed by atoms with Crippen LogP contribution in [0, 0.1) is 5.41 Å². The summed E-state index contributed by atoms with van der Waals surface area (Å²) in [7, 11) is 0. The van der Waals surface area contributed by atoms with Gasteiger partial charge in [0.05, 0.1) is 11.5 Å². The van der Waals surface area contributed by atoms with Crippen LogP contribution in [0.5, 0.6) is 0 Å². The molecule has 17 heavy (non-hydrogen) atoms. The lowest BCUT2D eigenvalue weighted by molar-refractivity contribution is -0.226. The van der Waals surface area contributed by atoms with E-state index in [0.717, 1.165) is 0 Å². The fraction of sp³-hybridized carbons (Fsp3) is 0.818. The van der Waals surface area contributed by atoms with Crippen molar-refractivity contribution in [2.45, 2.75) is 52.1 Å². The van der Waals surface area contributed by atoms with Crippen LogP contribution in [0.15, 0.2) is 0 Å². The molecule has 1 fully saturated rings. The smallest absolute Gasteiger partial charge is 0.333 e. The van der Waals surface area contributed by atoms with Crippen LogP contribution in [0.2, 0.25) is 0 Å². The van der Waals surface area contributed by atoms with E-state index >= 15 is 0 Å². The Morgan fingerprint density at radius 2 is 1.88 bits per heavy atom. The van der Waals surface area contributed by atoms with Crippen LogP contribution in [0.3, 0.4) is 0 Å². The largest absolute Gasteiger partial charge is 0.479 e. The molecule has 98 valence electrons. The summed E-state index contributed by atoms with van der Waals surface area (Å²) in [4.78, 5) is 22.3. The van der Waals surface area contributed by atoms with Gasteiger partial charge in [-0.25, -0.2) is 4.79 Å². The molecule has 0 aliphatic carbocycles. The molecule has 0 radical (unpaired) electrons. The van der Waals surface area contributed by atoms with Crippen molar-refractivity contribution in [1.29, 1.82) is 0 Å². The normalized spacial score (nSPS) is 29.8. The Bertz CT molecular complexity index is 306. The molecule has 0 bridgehead atoms.